The van der Waals surface area contributed by atoms with Crippen LogP contribution in [0.25, 0.3) is 0 Å². The quantitative estimate of drug-likeness (QED) is 0.0222. The molecule has 0 aromatic heterocycles. The van der Waals surface area contributed by atoms with Crippen molar-refractivity contribution >= 4 is 19.8 Å². The summed E-state index contributed by atoms with van der Waals surface area (Å²) in [6.07, 6.45) is 30.2. The molecule has 0 unspecified atom stereocenters. The minimum absolute atomic E-state index is 0.0780. The fraction of sp³-hybridized carbons (Fsp3) is 0.600. The van der Waals surface area contributed by atoms with E-state index < -0.39 is 44.7 Å². The molecule has 0 amide bonds. The van der Waals surface area contributed by atoms with Gasteiger partial charge in [-0.15, -0.1) is 0 Å². The highest BCUT2D eigenvalue weighted by molar-refractivity contribution is 7.46. The number of phosphoric acid groups is 1. The molecule has 0 heterocycles. The summed E-state index contributed by atoms with van der Waals surface area (Å²) >= 11 is 0. The largest absolute Gasteiger partial charge is 0.469 e. The topological polar surface area (TPSA) is 160 Å². The molecular formula is C35H57O10P. The number of hydrogen-bond acceptors (Lipinski definition) is 8. The van der Waals surface area contributed by atoms with Crippen molar-refractivity contribution in [1.29, 1.82) is 0 Å². The lowest BCUT2D eigenvalue weighted by molar-refractivity contribution is -0.161. The van der Waals surface area contributed by atoms with E-state index in [2.05, 4.69) is 11.4 Å². The van der Waals surface area contributed by atoms with Gasteiger partial charge in [-0.05, 0) is 38.5 Å². The molecule has 0 aliphatic carbocycles. The van der Waals surface area contributed by atoms with Gasteiger partial charge in [0.25, 0.3) is 0 Å². The maximum atomic E-state index is 12.2. The Kier molecular flexibility index (Phi) is 28.1. The second-order valence-corrected chi connectivity index (χ2v) is 12.0. The number of unbranched alkanes of at least 4 members (excludes halogenated alkanes) is 7. The van der Waals surface area contributed by atoms with Crippen molar-refractivity contribution in [3.05, 3.63) is 72.9 Å². The van der Waals surface area contributed by atoms with Crippen LogP contribution in [0.3, 0.4) is 0 Å². The number of rotatable bonds is 28. The Labute approximate surface area is 275 Å². The van der Waals surface area contributed by atoms with Crippen LogP contribution in [0.4, 0.5) is 0 Å². The highest BCUT2D eigenvalue weighted by Gasteiger charge is 2.22. The van der Waals surface area contributed by atoms with Gasteiger partial charge in [-0.25, -0.2) is 4.57 Å². The minimum Gasteiger partial charge on any atom is -0.462 e. The van der Waals surface area contributed by atoms with E-state index in [1.165, 1.54) is 12.8 Å². The zero-order chi connectivity index (χ0) is 34.3. The van der Waals surface area contributed by atoms with E-state index in [4.69, 9.17) is 19.3 Å². The van der Waals surface area contributed by atoms with Gasteiger partial charge in [0, 0.05) is 12.8 Å². The summed E-state index contributed by atoms with van der Waals surface area (Å²) in [6.45, 7) is 3.23. The third kappa shape index (κ3) is 31.4. The van der Waals surface area contributed by atoms with E-state index in [9.17, 15) is 24.4 Å². The van der Waals surface area contributed by atoms with Gasteiger partial charge in [0.15, 0.2) is 6.10 Å². The number of hydrogen-bond donors (Lipinski definition) is 4. The average Bonchev–Trinajstić information content (AvgIpc) is 3.00. The van der Waals surface area contributed by atoms with Crippen molar-refractivity contribution in [1.82, 2.24) is 0 Å². The van der Waals surface area contributed by atoms with Crippen LogP contribution in [0.5, 0.6) is 0 Å². The minimum atomic E-state index is -4.79. The van der Waals surface area contributed by atoms with Gasteiger partial charge in [-0.1, -0.05) is 125 Å². The van der Waals surface area contributed by atoms with Gasteiger partial charge in [0.2, 0.25) is 0 Å². The molecule has 11 heteroatoms. The standard InChI is InChI=1S/C35H57O10P/c1-3-5-7-8-10-15-21-28-35(39)45-33(30-44-46(40,41)42)29-43-34(38)27-22-16-20-26-32(37)25-19-14-12-9-11-13-18-24-31(36)23-17-6-4-2/h6,11-14,17-20,24-26,31-33,36-37H,3-5,7-10,15-16,21-23,27-30H2,1-2H3,(H2,40,41,42)/b13-11-,14-12-,17-6-,24-18+,25-19+,26-20-/t31-,32-,33-/m1/s1. The van der Waals surface area contributed by atoms with E-state index in [1.807, 2.05) is 49.5 Å². The molecule has 0 bridgehead atoms. The first-order valence-corrected chi connectivity index (χ1v) is 18.0. The SMILES string of the molecule is CC/C=C\C[C@@H](O)/C=C/C=C\C/C=C\C=C\[C@@H](O)/C=C\CCCC(=O)OC[C@H](COP(=O)(O)O)OC(=O)CCCCCCCCC. The first-order chi connectivity index (χ1) is 22.1. The highest BCUT2D eigenvalue weighted by atomic mass is 31.2. The summed E-state index contributed by atoms with van der Waals surface area (Å²) in [5, 5.41) is 19.8. The lowest BCUT2D eigenvalue weighted by atomic mass is 10.1. The smallest absolute Gasteiger partial charge is 0.462 e. The number of phosphoric ester groups is 1. The van der Waals surface area contributed by atoms with Gasteiger partial charge in [-0.3, -0.25) is 14.1 Å². The number of aliphatic hydroxyl groups is 2. The van der Waals surface area contributed by atoms with Crippen molar-refractivity contribution in [3.8, 4) is 0 Å². The van der Waals surface area contributed by atoms with Crippen LogP contribution >= 0.6 is 7.82 Å². The second-order valence-electron chi connectivity index (χ2n) is 10.8. The normalized spacial score (nSPS) is 14.8. The molecule has 4 N–H and O–H groups in total. The zero-order valence-corrected chi connectivity index (χ0v) is 28.6. The lowest BCUT2D eigenvalue weighted by Crippen LogP contribution is -2.29. The summed E-state index contributed by atoms with van der Waals surface area (Å²) in [7, 11) is -4.79. The predicted molar refractivity (Wildman–Crippen MR) is 182 cm³/mol. The Morgan fingerprint density at radius 3 is 2.04 bits per heavy atom. The Balaban J connectivity index is 4.30. The van der Waals surface area contributed by atoms with Crippen LogP contribution in [-0.4, -0.2) is 63.5 Å². The summed E-state index contributed by atoms with van der Waals surface area (Å²) in [4.78, 5) is 42.3. The number of allylic oxidation sites excluding steroid dienone is 8. The Morgan fingerprint density at radius 2 is 1.37 bits per heavy atom. The molecule has 10 nitrogen and oxygen atoms in total. The molecule has 3 atom stereocenters. The molecule has 0 radical (unpaired) electrons. The van der Waals surface area contributed by atoms with Crippen molar-refractivity contribution in [3.63, 3.8) is 0 Å². The van der Waals surface area contributed by atoms with Crippen LogP contribution in [0.2, 0.25) is 0 Å². The molecule has 262 valence electrons. The molecule has 0 aliphatic heterocycles. The molecule has 0 rings (SSSR count). The summed E-state index contributed by atoms with van der Waals surface area (Å²) < 4.78 is 26.0. The van der Waals surface area contributed by atoms with E-state index in [0.717, 1.165) is 32.1 Å². The fourth-order valence-electron chi connectivity index (χ4n) is 3.93. The van der Waals surface area contributed by atoms with Gasteiger partial charge >= 0.3 is 19.8 Å². The van der Waals surface area contributed by atoms with Gasteiger partial charge in [-0.2, -0.15) is 0 Å². The monoisotopic (exact) mass is 668 g/mol. The maximum absolute atomic E-state index is 12.2. The highest BCUT2D eigenvalue weighted by Crippen LogP contribution is 2.35. The third-order valence-corrected chi connectivity index (χ3v) is 6.90. The van der Waals surface area contributed by atoms with Gasteiger partial charge < -0.3 is 29.5 Å². The van der Waals surface area contributed by atoms with Crippen LogP contribution in [-0.2, 0) is 28.2 Å². The second kappa shape index (κ2) is 29.8. The Morgan fingerprint density at radius 1 is 0.717 bits per heavy atom. The molecule has 0 saturated carbocycles. The van der Waals surface area contributed by atoms with E-state index >= 15 is 0 Å². The van der Waals surface area contributed by atoms with Crippen LogP contribution < -0.4 is 0 Å². The van der Waals surface area contributed by atoms with Crippen LogP contribution in [0.15, 0.2) is 72.9 Å². The van der Waals surface area contributed by atoms with Crippen molar-refractivity contribution in [2.24, 2.45) is 0 Å². The molecule has 0 fully saturated rings. The number of esters is 2. The number of ether oxygens (including phenoxy) is 2. The molecule has 46 heavy (non-hydrogen) atoms. The van der Waals surface area contributed by atoms with E-state index in [1.54, 1.807) is 30.4 Å². The lowest BCUT2D eigenvalue weighted by Gasteiger charge is -2.18. The van der Waals surface area contributed by atoms with Crippen molar-refractivity contribution in [2.75, 3.05) is 13.2 Å². The molecule has 0 aromatic carbocycles. The zero-order valence-electron chi connectivity index (χ0n) is 27.7. The van der Waals surface area contributed by atoms with Crippen molar-refractivity contribution < 1.29 is 48.2 Å². The predicted octanol–water partition coefficient (Wildman–Crippen LogP) is 7.11. The first kappa shape index (κ1) is 43.4. The number of carbonyl (C=O) groups is 2. The fourth-order valence-corrected chi connectivity index (χ4v) is 4.29. The molecule has 0 saturated heterocycles. The Bertz CT molecular complexity index is 1010. The summed E-state index contributed by atoms with van der Waals surface area (Å²) in [5.74, 6) is -1.09. The Hall–Kier alpha value is -2.59. The molecule has 0 aromatic rings. The van der Waals surface area contributed by atoms with E-state index in [-0.39, 0.29) is 19.4 Å². The van der Waals surface area contributed by atoms with Gasteiger partial charge in [0.05, 0.1) is 18.8 Å². The molecule has 0 spiro atoms. The summed E-state index contributed by atoms with van der Waals surface area (Å²) in [5.41, 5.74) is 0. The first-order valence-electron chi connectivity index (χ1n) is 16.5. The van der Waals surface area contributed by atoms with Crippen LogP contribution in [0, 0.1) is 0 Å². The van der Waals surface area contributed by atoms with Crippen LogP contribution in [0.1, 0.15) is 104 Å². The molecular weight excluding hydrogens is 611 g/mol. The maximum Gasteiger partial charge on any atom is 0.469 e. The number of carbonyl (C=O) groups excluding carboxylic acids is 2. The molecule has 0 aliphatic rings. The summed E-state index contributed by atoms with van der Waals surface area (Å²) in [6, 6.07) is 0. The number of aliphatic hydroxyl groups excluding tert-OH is 2. The average molecular weight is 669 g/mol. The van der Waals surface area contributed by atoms with Crippen molar-refractivity contribution in [2.45, 2.75) is 122 Å². The third-order valence-electron chi connectivity index (χ3n) is 6.41. The van der Waals surface area contributed by atoms with Gasteiger partial charge in [0.1, 0.15) is 6.61 Å². The van der Waals surface area contributed by atoms with E-state index in [0.29, 0.717) is 32.1 Å².